The summed E-state index contributed by atoms with van der Waals surface area (Å²) in [5.74, 6) is -5.08. The third-order valence-electron chi connectivity index (χ3n) is 7.78. The molecule has 2 heterocycles. The fourth-order valence-electron chi connectivity index (χ4n) is 5.06. The smallest absolute Gasteiger partial charge is 0.321 e. The van der Waals surface area contributed by atoms with E-state index in [0.717, 1.165) is 10.6 Å². The van der Waals surface area contributed by atoms with Gasteiger partial charge in [-0.1, -0.05) is 51.1 Å². The lowest BCUT2D eigenvalue weighted by Crippen LogP contribution is -2.63. The number of amides is 7. The van der Waals surface area contributed by atoms with Crippen molar-refractivity contribution in [3.05, 3.63) is 35.9 Å². The van der Waals surface area contributed by atoms with Gasteiger partial charge in [-0.15, -0.1) is 0 Å². The molecule has 2 aliphatic rings. The highest BCUT2D eigenvalue weighted by atomic mass is 16.5. The molecule has 1 fully saturated rings. The van der Waals surface area contributed by atoms with Crippen LogP contribution in [0.5, 0.6) is 0 Å². The van der Waals surface area contributed by atoms with Crippen LogP contribution in [0.2, 0.25) is 0 Å². The molecule has 0 bridgehead atoms. The second kappa shape index (κ2) is 16.8. The molecular weight excluding hydrogens is 602 g/mol. The van der Waals surface area contributed by atoms with Gasteiger partial charge in [0.15, 0.2) is 0 Å². The van der Waals surface area contributed by atoms with Crippen LogP contribution in [-0.2, 0) is 35.1 Å². The summed E-state index contributed by atoms with van der Waals surface area (Å²) in [6, 6.07) is 3.57. The molecule has 0 aromatic heterocycles. The average molecular weight is 646 g/mol. The van der Waals surface area contributed by atoms with Gasteiger partial charge in [0.05, 0.1) is 24.2 Å². The van der Waals surface area contributed by atoms with Crippen LogP contribution in [0.3, 0.4) is 0 Å². The number of hydrogen-bond acceptors (Lipinski definition) is 10. The molecular formula is C30H43N7O9. The Labute approximate surface area is 266 Å². The normalized spacial score (nSPS) is 21.2. The fourth-order valence-corrected chi connectivity index (χ4v) is 5.06. The van der Waals surface area contributed by atoms with E-state index in [1.54, 1.807) is 44.2 Å². The Kier molecular flexibility index (Phi) is 13.1. The van der Waals surface area contributed by atoms with E-state index in [1.165, 1.54) is 20.2 Å². The van der Waals surface area contributed by atoms with Crippen molar-refractivity contribution in [2.24, 2.45) is 16.9 Å². The molecule has 16 heteroatoms. The predicted molar refractivity (Wildman–Crippen MR) is 164 cm³/mol. The van der Waals surface area contributed by atoms with Gasteiger partial charge in [-0.3, -0.25) is 29.3 Å². The quantitative estimate of drug-likeness (QED) is 0.120. The van der Waals surface area contributed by atoms with E-state index in [2.05, 4.69) is 31.7 Å². The SMILES string of the molecule is COCC(=O)NC(C(=O)N1N=CCCC1C(=O)NC(Cc1ccccc1)C(O)C(C)C(=O)NC1CNC(=O)NC1=O)C(O)C(C)C. The van der Waals surface area contributed by atoms with Crippen LogP contribution in [-0.4, -0.2) is 114 Å². The minimum absolute atomic E-state index is 0.108. The molecule has 46 heavy (non-hydrogen) atoms. The van der Waals surface area contributed by atoms with Crippen molar-refractivity contribution in [1.82, 2.24) is 31.6 Å². The number of hydrogen-bond donors (Lipinski definition) is 7. The number of hydrazone groups is 1. The Morgan fingerprint density at radius 1 is 1.07 bits per heavy atom. The van der Waals surface area contributed by atoms with Crippen LogP contribution in [0.25, 0.3) is 0 Å². The van der Waals surface area contributed by atoms with E-state index in [4.69, 9.17) is 4.74 Å². The summed E-state index contributed by atoms with van der Waals surface area (Å²) in [7, 11) is 1.31. The summed E-state index contributed by atoms with van der Waals surface area (Å²) in [6.45, 7) is 4.28. The Morgan fingerprint density at radius 3 is 2.39 bits per heavy atom. The average Bonchev–Trinajstić information content (AvgIpc) is 3.03. The maximum Gasteiger partial charge on any atom is 0.321 e. The highest BCUT2D eigenvalue weighted by Crippen LogP contribution is 2.20. The van der Waals surface area contributed by atoms with Crippen LogP contribution in [0.15, 0.2) is 35.4 Å². The van der Waals surface area contributed by atoms with Gasteiger partial charge in [0, 0.05) is 19.9 Å². The summed E-state index contributed by atoms with van der Waals surface area (Å²) >= 11 is 0. The van der Waals surface area contributed by atoms with Crippen LogP contribution in [0.4, 0.5) is 4.79 Å². The van der Waals surface area contributed by atoms with Gasteiger partial charge in [0.1, 0.15) is 24.7 Å². The molecule has 7 N–H and O–H groups in total. The second-order valence-corrected chi connectivity index (χ2v) is 11.6. The molecule has 7 atom stereocenters. The number of carbonyl (C=O) groups excluding carboxylic acids is 6. The van der Waals surface area contributed by atoms with Crippen molar-refractivity contribution in [1.29, 1.82) is 0 Å². The zero-order valence-electron chi connectivity index (χ0n) is 26.3. The minimum atomic E-state index is -1.45. The first-order chi connectivity index (χ1) is 21.8. The standard InChI is InChI=1S/C30H43N7O9/c1-16(2)24(39)23(35-22(38)15-46-4)29(44)37-21(11-8-12-32-37)28(43)33-19(13-18-9-6-5-7-10-18)25(40)17(3)26(41)34-20-14-31-30(45)36-27(20)42/h5-7,9-10,12,16-17,19-21,23-25,39-40H,8,11,13-15H2,1-4H3,(H,33,43)(H,34,41)(H,35,38)(H2,31,36,42,45). The van der Waals surface area contributed by atoms with Crippen molar-refractivity contribution in [2.75, 3.05) is 20.3 Å². The van der Waals surface area contributed by atoms with Crippen molar-refractivity contribution in [2.45, 2.75) is 76.4 Å². The first-order valence-electron chi connectivity index (χ1n) is 15.1. The topological polar surface area (TPSA) is 228 Å². The summed E-state index contributed by atoms with van der Waals surface area (Å²) < 4.78 is 4.83. The molecule has 3 rings (SSSR count). The minimum Gasteiger partial charge on any atom is -0.390 e. The number of ether oxygens (including phenoxy) is 1. The van der Waals surface area contributed by atoms with Gasteiger partial charge in [-0.25, -0.2) is 9.80 Å². The summed E-state index contributed by atoms with van der Waals surface area (Å²) in [5, 5.41) is 39.5. The molecule has 2 aliphatic heterocycles. The second-order valence-electron chi connectivity index (χ2n) is 11.6. The van der Waals surface area contributed by atoms with E-state index in [1.807, 2.05) is 0 Å². The number of rotatable bonds is 14. The first-order valence-corrected chi connectivity index (χ1v) is 15.1. The van der Waals surface area contributed by atoms with E-state index < -0.39 is 83.8 Å². The molecule has 0 saturated carbocycles. The molecule has 16 nitrogen and oxygen atoms in total. The van der Waals surface area contributed by atoms with Crippen LogP contribution >= 0.6 is 0 Å². The highest BCUT2D eigenvalue weighted by Gasteiger charge is 2.41. The lowest BCUT2D eigenvalue weighted by atomic mass is 9.91. The number of imide groups is 1. The van der Waals surface area contributed by atoms with Crippen molar-refractivity contribution < 1.29 is 43.7 Å². The summed E-state index contributed by atoms with van der Waals surface area (Å²) in [4.78, 5) is 76.4. The van der Waals surface area contributed by atoms with Crippen LogP contribution < -0.4 is 26.6 Å². The number of methoxy groups -OCH3 is 1. The number of nitrogens with one attached hydrogen (secondary N) is 5. The number of carbonyl (C=O) groups is 6. The zero-order valence-corrected chi connectivity index (χ0v) is 26.3. The summed E-state index contributed by atoms with van der Waals surface area (Å²) in [6.07, 6.45) is -0.697. The van der Waals surface area contributed by atoms with Gasteiger partial charge in [-0.05, 0) is 30.7 Å². The van der Waals surface area contributed by atoms with Crippen LogP contribution in [0, 0.1) is 11.8 Å². The molecule has 1 saturated heterocycles. The fraction of sp³-hybridized carbons (Fsp3) is 0.567. The van der Waals surface area contributed by atoms with Crippen molar-refractivity contribution >= 4 is 41.8 Å². The molecule has 0 radical (unpaired) electrons. The number of aliphatic hydroxyl groups excluding tert-OH is 2. The number of benzene rings is 1. The molecule has 7 unspecified atom stereocenters. The predicted octanol–water partition coefficient (Wildman–Crippen LogP) is -1.84. The molecule has 1 aromatic carbocycles. The van der Waals surface area contributed by atoms with Crippen molar-refractivity contribution in [3.8, 4) is 0 Å². The lowest BCUT2D eigenvalue weighted by Gasteiger charge is -2.36. The summed E-state index contributed by atoms with van der Waals surface area (Å²) in [5.41, 5.74) is 0.740. The maximum atomic E-state index is 13.8. The Bertz CT molecular complexity index is 1290. The lowest BCUT2D eigenvalue weighted by molar-refractivity contribution is -0.148. The van der Waals surface area contributed by atoms with Gasteiger partial charge < -0.3 is 36.2 Å². The third-order valence-corrected chi connectivity index (χ3v) is 7.78. The third kappa shape index (κ3) is 9.55. The van der Waals surface area contributed by atoms with Gasteiger partial charge >= 0.3 is 6.03 Å². The van der Waals surface area contributed by atoms with Crippen LogP contribution in [0.1, 0.15) is 39.2 Å². The van der Waals surface area contributed by atoms with Gasteiger partial charge in [0.25, 0.3) is 11.8 Å². The van der Waals surface area contributed by atoms with Crippen molar-refractivity contribution in [3.63, 3.8) is 0 Å². The largest absolute Gasteiger partial charge is 0.390 e. The molecule has 252 valence electrons. The zero-order chi connectivity index (χ0) is 34.0. The van der Waals surface area contributed by atoms with Gasteiger partial charge in [-0.2, -0.15) is 5.10 Å². The Balaban J connectivity index is 1.82. The molecule has 1 aromatic rings. The number of aliphatic hydroxyl groups is 2. The number of urea groups is 1. The van der Waals surface area contributed by atoms with E-state index in [-0.39, 0.29) is 26.0 Å². The maximum absolute atomic E-state index is 13.8. The van der Waals surface area contributed by atoms with E-state index in [0.29, 0.717) is 6.42 Å². The highest BCUT2D eigenvalue weighted by molar-refractivity contribution is 6.01. The molecule has 0 spiro atoms. The van der Waals surface area contributed by atoms with Gasteiger partial charge in [0.2, 0.25) is 17.7 Å². The Hall–Kier alpha value is -4.41. The van der Waals surface area contributed by atoms with E-state index >= 15 is 0 Å². The number of nitrogens with zero attached hydrogens (tertiary/aromatic N) is 2. The van der Waals surface area contributed by atoms with E-state index in [9.17, 15) is 39.0 Å². The first kappa shape index (κ1) is 36.1. The molecule has 7 amide bonds. The monoisotopic (exact) mass is 645 g/mol. The Morgan fingerprint density at radius 2 is 1.76 bits per heavy atom. The molecule has 0 aliphatic carbocycles.